The highest BCUT2D eigenvalue weighted by Gasteiger charge is 2.40. The Hall–Kier alpha value is -2.50. The van der Waals surface area contributed by atoms with Crippen LogP contribution in [0, 0.1) is 10.1 Å². The van der Waals surface area contributed by atoms with Crippen LogP contribution in [0.25, 0.3) is 0 Å². The second kappa shape index (κ2) is 7.62. The number of benzene rings is 1. The SMILES string of the molecule is COc1ccc(NC(=O)[C@@H]2CCCN2S(=O)(=O)c2cccs2)c([N+](=O)[O-])c1. The van der Waals surface area contributed by atoms with Crippen LogP contribution in [-0.4, -0.2) is 43.2 Å². The Morgan fingerprint density at radius 3 is 2.81 bits per heavy atom. The van der Waals surface area contributed by atoms with E-state index >= 15 is 0 Å². The number of ether oxygens (including phenoxy) is 1. The van der Waals surface area contributed by atoms with Crippen molar-refractivity contribution >= 4 is 38.6 Å². The fraction of sp³-hybridized carbons (Fsp3) is 0.312. The van der Waals surface area contributed by atoms with Gasteiger partial charge in [0.1, 0.15) is 21.7 Å². The fourth-order valence-corrected chi connectivity index (χ4v) is 5.70. The number of methoxy groups -OCH3 is 1. The van der Waals surface area contributed by atoms with Crippen molar-refractivity contribution in [1.82, 2.24) is 4.31 Å². The minimum absolute atomic E-state index is 0.00817. The standard InChI is InChI=1S/C16H17N3O6S2/c1-25-11-6-7-12(14(10-11)19(21)22)17-16(20)13-4-2-8-18(13)27(23,24)15-5-3-9-26-15/h3,5-7,9-10,13H,2,4,8H2,1H3,(H,17,20)/t13-/m0/s1. The number of amides is 1. The monoisotopic (exact) mass is 411 g/mol. The van der Waals surface area contributed by atoms with E-state index in [0.29, 0.717) is 12.8 Å². The number of nitrogens with zero attached hydrogens (tertiary/aromatic N) is 2. The van der Waals surface area contributed by atoms with Crippen molar-refractivity contribution < 1.29 is 22.9 Å². The van der Waals surface area contributed by atoms with Gasteiger partial charge in [0, 0.05) is 6.54 Å². The Kier molecular flexibility index (Phi) is 5.44. The number of nitrogens with one attached hydrogen (secondary N) is 1. The van der Waals surface area contributed by atoms with Crippen LogP contribution in [0.5, 0.6) is 5.75 Å². The molecule has 1 amide bonds. The normalized spacial score (nSPS) is 17.6. The van der Waals surface area contributed by atoms with Crippen LogP contribution in [0.1, 0.15) is 12.8 Å². The second-order valence-electron chi connectivity index (χ2n) is 5.84. The molecule has 1 fully saturated rings. The molecule has 0 spiro atoms. The summed E-state index contributed by atoms with van der Waals surface area (Å²) in [4.78, 5) is 23.3. The molecule has 0 unspecified atom stereocenters. The highest BCUT2D eigenvalue weighted by atomic mass is 32.2. The lowest BCUT2D eigenvalue weighted by atomic mass is 10.2. The zero-order valence-electron chi connectivity index (χ0n) is 14.3. The van der Waals surface area contributed by atoms with E-state index in [9.17, 15) is 23.3 Å². The number of rotatable bonds is 6. The summed E-state index contributed by atoms with van der Waals surface area (Å²) in [6, 6.07) is 6.24. The van der Waals surface area contributed by atoms with E-state index in [4.69, 9.17) is 4.74 Å². The Morgan fingerprint density at radius 1 is 1.41 bits per heavy atom. The van der Waals surface area contributed by atoms with Gasteiger partial charge in [-0.05, 0) is 36.4 Å². The molecule has 1 aromatic carbocycles. The number of anilines is 1. The van der Waals surface area contributed by atoms with Crippen molar-refractivity contribution in [3.8, 4) is 5.75 Å². The summed E-state index contributed by atoms with van der Waals surface area (Å²) in [6.45, 7) is 0.225. The molecule has 1 aliphatic rings. The van der Waals surface area contributed by atoms with E-state index < -0.39 is 26.9 Å². The molecule has 1 atom stereocenters. The fourth-order valence-electron chi connectivity index (χ4n) is 2.93. The topological polar surface area (TPSA) is 119 Å². The van der Waals surface area contributed by atoms with Gasteiger partial charge in [-0.15, -0.1) is 11.3 Å². The number of sulfonamides is 1. The number of thiophene rings is 1. The number of nitro benzene ring substituents is 1. The minimum Gasteiger partial charge on any atom is -0.496 e. The highest BCUT2D eigenvalue weighted by molar-refractivity contribution is 7.91. The van der Waals surface area contributed by atoms with Gasteiger partial charge in [-0.3, -0.25) is 14.9 Å². The molecule has 11 heteroatoms. The van der Waals surface area contributed by atoms with Crippen LogP contribution in [0.15, 0.2) is 39.9 Å². The average molecular weight is 411 g/mol. The molecule has 1 N–H and O–H groups in total. The zero-order valence-corrected chi connectivity index (χ0v) is 16.0. The van der Waals surface area contributed by atoms with Crippen molar-refractivity contribution in [2.24, 2.45) is 0 Å². The van der Waals surface area contributed by atoms with E-state index in [1.54, 1.807) is 11.4 Å². The Bertz CT molecular complexity index is 959. The van der Waals surface area contributed by atoms with Gasteiger partial charge >= 0.3 is 0 Å². The van der Waals surface area contributed by atoms with Crippen molar-refractivity contribution in [3.63, 3.8) is 0 Å². The molecule has 0 bridgehead atoms. The first kappa shape index (κ1) is 19.3. The summed E-state index contributed by atoms with van der Waals surface area (Å²) in [5, 5.41) is 15.4. The summed E-state index contributed by atoms with van der Waals surface area (Å²) in [5.74, 6) is -0.316. The van der Waals surface area contributed by atoms with Crippen molar-refractivity contribution in [1.29, 1.82) is 0 Å². The maximum atomic E-state index is 12.8. The lowest BCUT2D eigenvalue weighted by Crippen LogP contribution is -2.42. The maximum Gasteiger partial charge on any atom is 0.296 e. The lowest BCUT2D eigenvalue weighted by Gasteiger charge is -2.22. The molecule has 2 heterocycles. The Balaban J connectivity index is 1.85. The largest absolute Gasteiger partial charge is 0.496 e. The first-order valence-corrected chi connectivity index (χ1v) is 10.3. The summed E-state index contributed by atoms with van der Waals surface area (Å²) in [7, 11) is -2.40. The Labute approximate surface area is 159 Å². The van der Waals surface area contributed by atoms with Crippen LogP contribution in [0.3, 0.4) is 0 Å². The molecule has 3 rings (SSSR count). The van der Waals surface area contributed by atoms with Gasteiger partial charge in [-0.1, -0.05) is 6.07 Å². The van der Waals surface area contributed by atoms with Crippen LogP contribution >= 0.6 is 11.3 Å². The number of nitro groups is 1. The van der Waals surface area contributed by atoms with E-state index in [1.807, 2.05) is 0 Å². The third-order valence-electron chi connectivity index (χ3n) is 4.22. The molecule has 0 radical (unpaired) electrons. The summed E-state index contributed by atoms with van der Waals surface area (Å²) in [5.41, 5.74) is -0.334. The van der Waals surface area contributed by atoms with Crippen molar-refractivity contribution in [3.05, 3.63) is 45.8 Å². The van der Waals surface area contributed by atoms with Gasteiger partial charge < -0.3 is 10.1 Å². The molecular formula is C16H17N3O6S2. The molecule has 2 aromatic rings. The number of hydrogen-bond acceptors (Lipinski definition) is 7. The highest BCUT2D eigenvalue weighted by Crippen LogP contribution is 2.32. The van der Waals surface area contributed by atoms with Gasteiger partial charge in [0.05, 0.1) is 18.1 Å². The second-order valence-corrected chi connectivity index (χ2v) is 8.90. The average Bonchev–Trinajstić information content (AvgIpc) is 3.34. The molecule has 1 aliphatic heterocycles. The quantitative estimate of drug-likeness (QED) is 0.576. The van der Waals surface area contributed by atoms with E-state index in [1.165, 1.54) is 31.4 Å². The molecule has 1 aromatic heterocycles. The van der Waals surface area contributed by atoms with E-state index in [-0.39, 0.29) is 27.9 Å². The maximum absolute atomic E-state index is 12.8. The third kappa shape index (κ3) is 3.80. The van der Waals surface area contributed by atoms with E-state index in [2.05, 4.69) is 5.32 Å². The van der Waals surface area contributed by atoms with Crippen molar-refractivity contribution in [2.45, 2.75) is 23.1 Å². The predicted octanol–water partition coefficient (Wildman–Crippen LogP) is 2.46. The lowest BCUT2D eigenvalue weighted by molar-refractivity contribution is -0.384. The van der Waals surface area contributed by atoms with Crippen molar-refractivity contribution in [2.75, 3.05) is 19.0 Å². The van der Waals surface area contributed by atoms with Gasteiger partial charge in [0.2, 0.25) is 5.91 Å². The molecule has 1 saturated heterocycles. The van der Waals surface area contributed by atoms with Crippen LogP contribution in [0.4, 0.5) is 11.4 Å². The van der Waals surface area contributed by atoms with E-state index in [0.717, 1.165) is 15.6 Å². The minimum atomic E-state index is -3.78. The van der Waals surface area contributed by atoms with Crippen LogP contribution in [0.2, 0.25) is 0 Å². The number of carbonyl (C=O) groups excluding carboxylic acids is 1. The number of carbonyl (C=O) groups is 1. The number of hydrogen-bond donors (Lipinski definition) is 1. The molecular weight excluding hydrogens is 394 g/mol. The van der Waals surface area contributed by atoms with Gasteiger partial charge in [0.25, 0.3) is 15.7 Å². The molecule has 144 valence electrons. The van der Waals surface area contributed by atoms with Gasteiger partial charge in [0.15, 0.2) is 0 Å². The third-order valence-corrected chi connectivity index (χ3v) is 7.51. The summed E-state index contributed by atoms with van der Waals surface area (Å²) in [6.07, 6.45) is 0.883. The Morgan fingerprint density at radius 2 is 2.19 bits per heavy atom. The molecule has 27 heavy (non-hydrogen) atoms. The predicted molar refractivity (Wildman–Crippen MR) is 99.5 cm³/mol. The molecule has 0 aliphatic carbocycles. The first-order chi connectivity index (χ1) is 12.8. The first-order valence-electron chi connectivity index (χ1n) is 8.03. The summed E-state index contributed by atoms with van der Waals surface area (Å²) < 4.78 is 31.8. The van der Waals surface area contributed by atoms with Gasteiger partial charge in [-0.25, -0.2) is 8.42 Å². The zero-order chi connectivity index (χ0) is 19.6. The smallest absolute Gasteiger partial charge is 0.296 e. The van der Waals surface area contributed by atoms with Crippen LogP contribution in [-0.2, 0) is 14.8 Å². The van der Waals surface area contributed by atoms with Crippen LogP contribution < -0.4 is 10.1 Å². The molecule has 9 nitrogen and oxygen atoms in total. The summed E-state index contributed by atoms with van der Waals surface area (Å²) >= 11 is 1.08. The van der Waals surface area contributed by atoms with Gasteiger partial charge in [-0.2, -0.15) is 4.31 Å². The molecule has 0 saturated carbocycles.